The number of anilines is 1. The Hall–Kier alpha value is -1.69. The van der Waals surface area contributed by atoms with Gasteiger partial charge in [-0.3, -0.25) is 4.79 Å². The standard InChI is InChI=1S/C12H18N4O2/c1-9(17)16-6-7-18-10(8-16)12-13-5-4-11(14-12)15(2)3/h4-5,10H,6-8H2,1-3H3/t10-/m0/s1. The van der Waals surface area contributed by atoms with Crippen LogP contribution in [-0.4, -0.2) is 54.6 Å². The topological polar surface area (TPSA) is 58.6 Å². The van der Waals surface area contributed by atoms with Gasteiger partial charge in [0.05, 0.1) is 13.2 Å². The smallest absolute Gasteiger partial charge is 0.219 e. The summed E-state index contributed by atoms with van der Waals surface area (Å²) < 4.78 is 5.64. The molecule has 98 valence electrons. The van der Waals surface area contributed by atoms with Gasteiger partial charge in [-0.1, -0.05) is 0 Å². The van der Waals surface area contributed by atoms with E-state index in [9.17, 15) is 4.79 Å². The number of carbonyl (C=O) groups excluding carboxylic acids is 1. The fourth-order valence-corrected chi connectivity index (χ4v) is 1.86. The van der Waals surface area contributed by atoms with Crippen LogP contribution in [0, 0.1) is 0 Å². The van der Waals surface area contributed by atoms with Crippen molar-refractivity contribution in [2.24, 2.45) is 0 Å². The summed E-state index contributed by atoms with van der Waals surface area (Å²) in [5, 5.41) is 0. The zero-order valence-corrected chi connectivity index (χ0v) is 11.0. The average Bonchev–Trinajstić information content (AvgIpc) is 2.39. The third-order valence-corrected chi connectivity index (χ3v) is 2.92. The van der Waals surface area contributed by atoms with Crippen LogP contribution >= 0.6 is 0 Å². The molecule has 6 heteroatoms. The summed E-state index contributed by atoms with van der Waals surface area (Å²) >= 11 is 0. The zero-order valence-electron chi connectivity index (χ0n) is 11.0. The molecule has 0 aliphatic carbocycles. The van der Waals surface area contributed by atoms with E-state index in [1.165, 1.54) is 0 Å². The number of rotatable bonds is 2. The van der Waals surface area contributed by atoms with Crippen LogP contribution < -0.4 is 4.90 Å². The van der Waals surface area contributed by atoms with Gasteiger partial charge in [-0.15, -0.1) is 0 Å². The second kappa shape index (κ2) is 5.30. The van der Waals surface area contributed by atoms with Gasteiger partial charge in [0.25, 0.3) is 0 Å². The monoisotopic (exact) mass is 250 g/mol. The van der Waals surface area contributed by atoms with Crippen LogP contribution in [0.5, 0.6) is 0 Å². The molecule has 0 radical (unpaired) electrons. The summed E-state index contributed by atoms with van der Waals surface area (Å²) in [6.45, 7) is 3.25. The maximum Gasteiger partial charge on any atom is 0.219 e. The molecule has 0 bridgehead atoms. The Balaban J connectivity index is 2.15. The van der Waals surface area contributed by atoms with Crippen molar-refractivity contribution in [1.82, 2.24) is 14.9 Å². The first-order valence-electron chi connectivity index (χ1n) is 5.95. The molecule has 6 nitrogen and oxygen atoms in total. The molecule has 0 spiro atoms. The summed E-state index contributed by atoms with van der Waals surface area (Å²) in [5.41, 5.74) is 0. The van der Waals surface area contributed by atoms with Crippen LogP contribution in [0.15, 0.2) is 12.3 Å². The molecular formula is C12H18N4O2. The van der Waals surface area contributed by atoms with E-state index >= 15 is 0 Å². The van der Waals surface area contributed by atoms with Crippen molar-refractivity contribution < 1.29 is 9.53 Å². The number of hydrogen-bond acceptors (Lipinski definition) is 5. The molecule has 1 aromatic rings. The van der Waals surface area contributed by atoms with E-state index in [-0.39, 0.29) is 12.0 Å². The molecule has 18 heavy (non-hydrogen) atoms. The van der Waals surface area contributed by atoms with Gasteiger partial charge in [-0.25, -0.2) is 9.97 Å². The maximum atomic E-state index is 11.4. The Labute approximate surface area is 107 Å². The van der Waals surface area contributed by atoms with Crippen LogP contribution in [0.25, 0.3) is 0 Å². The highest BCUT2D eigenvalue weighted by Gasteiger charge is 2.25. The summed E-state index contributed by atoms with van der Waals surface area (Å²) in [4.78, 5) is 23.7. The molecule has 0 unspecified atom stereocenters. The van der Waals surface area contributed by atoms with Crippen molar-refractivity contribution in [3.63, 3.8) is 0 Å². The molecule has 1 fully saturated rings. The highest BCUT2D eigenvalue weighted by Crippen LogP contribution is 2.20. The van der Waals surface area contributed by atoms with Crippen LogP contribution in [0.1, 0.15) is 18.9 Å². The second-order valence-electron chi connectivity index (χ2n) is 4.49. The number of aromatic nitrogens is 2. The van der Waals surface area contributed by atoms with E-state index < -0.39 is 0 Å². The summed E-state index contributed by atoms with van der Waals surface area (Å²) in [7, 11) is 3.85. The fourth-order valence-electron chi connectivity index (χ4n) is 1.86. The van der Waals surface area contributed by atoms with Crippen molar-refractivity contribution in [3.8, 4) is 0 Å². The first kappa shape index (κ1) is 12.8. The van der Waals surface area contributed by atoms with Gasteiger partial charge < -0.3 is 14.5 Å². The van der Waals surface area contributed by atoms with Gasteiger partial charge in [0.2, 0.25) is 5.91 Å². The highest BCUT2D eigenvalue weighted by molar-refractivity contribution is 5.73. The van der Waals surface area contributed by atoms with Crippen molar-refractivity contribution in [2.75, 3.05) is 38.7 Å². The maximum absolute atomic E-state index is 11.4. The minimum absolute atomic E-state index is 0.0621. The van der Waals surface area contributed by atoms with Crippen LogP contribution in [-0.2, 0) is 9.53 Å². The summed E-state index contributed by atoms with van der Waals surface area (Å²) in [5.74, 6) is 1.53. The summed E-state index contributed by atoms with van der Waals surface area (Å²) in [6.07, 6.45) is 1.48. The van der Waals surface area contributed by atoms with E-state index in [1.807, 2.05) is 25.1 Å². The number of hydrogen-bond donors (Lipinski definition) is 0. The van der Waals surface area contributed by atoms with E-state index in [0.29, 0.717) is 25.5 Å². The molecule has 0 saturated carbocycles. The number of nitrogens with zero attached hydrogens (tertiary/aromatic N) is 4. The molecule has 1 aliphatic rings. The molecule has 1 atom stereocenters. The number of morpholine rings is 1. The van der Waals surface area contributed by atoms with Crippen LogP contribution in [0.2, 0.25) is 0 Å². The second-order valence-corrected chi connectivity index (χ2v) is 4.49. The minimum atomic E-state index is -0.234. The molecular weight excluding hydrogens is 232 g/mol. The predicted molar refractivity (Wildman–Crippen MR) is 67.3 cm³/mol. The largest absolute Gasteiger partial charge is 0.367 e. The number of ether oxygens (including phenoxy) is 1. The lowest BCUT2D eigenvalue weighted by Crippen LogP contribution is -2.41. The molecule has 1 saturated heterocycles. The van der Waals surface area contributed by atoms with E-state index in [0.717, 1.165) is 5.82 Å². The molecule has 2 heterocycles. The first-order valence-corrected chi connectivity index (χ1v) is 5.95. The van der Waals surface area contributed by atoms with Crippen molar-refractivity contribution in [3.05, 3.63) is 18.1 Å². The average molecular weight is 250 g/mol. The lowest BCUT2D eigenvalue weighted by atomic mass is 10.2. The Bertz CT molecular complexity index is 436. The van der Waals surface area contributed by atoms with E-state index in [1.54, 1.807) is 18.0 Å². The van der Waals surface area contributed by atoms with Crippen LogP contribution in [0.3, 0.4) is 0 Å². The minimum Gasteiger partial charge on any atom is -0.367 e. The number of carbonyl (C=O) groups is 1. The molecule has 1 amide bonds. The van der Waals surface area contributed by atoms with E-state index in [4.69, 9.17) is 4.74 Å². The predicted octanol–water partition coefficient (Wildman–Crippen LogP) is 0.462. The van der Waals surface area contributed by atoms with Gasteiger partial charge in [-0.05, 0) is 6.07 Å². The highest BCUT2D eigenvalue weighted by atomic mass is 16.5. The molecule has 1 aliphatic heterocycles. The lowest BCUT2D eigenvalue weighted by molar-refractivity contribution is -0.136. The first-order chi connectivity index (χ1) is 8.58. The molecule has 2 rings (SSSR count). The van der Waals surface area contributed by atoms with Crippen LogP contribution in [0.4, 0.5) is 5.82 Å². The van der Waals surface area contributed by atoms with Gasteiger partial charge in [-0.2, -0.15) is 0 Å². The Morgan fingerprint density at radius 1 is 1.56 bits per heavy atom. The molecule has 1 aromatic heterocycles. The SMILES string of the molecule is CC(=O)N1CCO[C@H](c2nccc(N(C)C)n2)C1. The van der Waals surface area contributed by atoms with Gasteiger partial charge >= 0.3 is 0 Å². The van der Waals surface area contributed by atoms with Gasteiger partial charge in [0.15, 0.2) is 5.82 Å². The van der Waals surface area contributed by atoms with Gasteiger partial charge in [0, 0.05) is 33.8 Å². The van der Waals surface area contributed by atoms with Crippen molar-refractivity contribution in [2.45, 2.75) is 13.0 Å². The van der Waals surface area contributed by atoms with Gasteiger partial charge in [0.1, 0.15) is 11.9 Å². The summed E-state index contributed by atoms with van der Waals surface area (Å²) in [6, 6.07) is 1.84. The Morgan fingerprint density at radius 3 is 3.00 bits per heavy atom. The third-order valence-electron chi connectivity index (χ3n) is 2.92. The number of amides is 1. The third kappa shape index (κ3) is 2.76. The molecule has 0 aromatic carbocycles. The normalized spacial score (nSPS) is 19.7. The Kier molecular flexibility index (Phi) is 3.76. The van der Waals surface area contributed by atoms with E-state index in [2.05, 4.69) is 9.97 Å². The lowest BCUT2D eigenvalue weighted by Gasteiger charge is -2.31. The zero-order chi connectivity index (χ0) is 13.1. The van der Waals surface area contributed by atoms with Crippen molar-refractivity contribution >= 4 is 11.7 Å². The fraction of sp³-hybridized carbons (Fsp3) is 0.583. The van der Waals surface area contributed by atoms with Crippen molar-refractivity contribution in [1.29, 1.82) is 0 Å². The molecule has 0 N–H and O–H groups in total. The quantitative estimate of drug-likeness (QED) is 0.763. The Morgan fingerprint density at radius 2 is 2.33 bits per heavy atom.